The molecule has 0 radical (unpaired) electrons. The van der Waals surface area contributed by atoms with Crippen LogP contribution < -0.4 is 5.32 Å². The number of hydrogen-bond donors (Lipinski definition) is 1. The fourth-order valence-electron chi connectivity index (χ4n) is 0.692. The number of anilines is 1. The fraction of sp³-hybridized carbons (Fsp3) is 0.286. The van der Waals surface area contributed by atoms with Crippen LogP contribution in [0.1, 0.15) is 0 Å². The topological polar surface area (TPSA) is 24.9 Å². The molecule has 0 unspecified atom stereocenters. The quantitative estimate of drug-likeness (QED) is 0.878. The van der Waals surface area contributed by atoms with Gasteiger partial charge < -0.3 is 5.32 Å². The number of rotatable bonds is 2. The molecule has 0 aromatic carbocycles. The van der Waals surface area contributed by atoms with Gasteiger partial charge in [0.2, 0.25) is 0 Å². The molecule has 6 heteroatoms. The Kier molecular flexibility index (Phi) is 3.13. The Labute approximate surface area is 81.3 Å². The van der Waals surface area contributed by atoms with E-state index in [1.165, 1.54) is 12.3 Å². The van der Waals surface area contributed by atoms with Gasteiger partial charge >= 0.3 is 6.18 Å². The highest BCUT2D eigenvalue weighted by Gasteiger charge is 2.26. The Hall–Kier alpha value is -0.780. The highest BCUT2D eigenvalue weighted by molar-refractivity contribution is 9.10. The molecule has 0 atom stereocenters. The highest BCUT2D eigenvalue weighted by Crippen LogP contribution is 2.17. The van der Waals surface area contributed by atoms with Crippen molar-refractivity contribution in [2.75, 3.05) is 11.9 Å². The Morgan fingerprint density at radius 2 is 2.15 bits per heavy atom. The molecule has 0 aliphatic carbocycles. The zero-order valence-corrected chi connectivity index (χ0v) is 7.98. The molecular weight excluding hydrogens is 249 g/mol. The van der Waals surface area contributed by atoms with Crippen LogP contribution >= 0.6 is 15.9 Å². The van der Waals surface area contributed by atoms with Crippen LogP contribution in [0.15, 0.2) is 22.8 Å². The van der Waals surface area contributed by atoms with E-state index in [1.807, 2.05) is 0 Å². The first kappa shape index (κ1) is 10.3. The molecule has 1 aromatic rings. The summed E-state index contributed by atoms with van der Waals surface area (Å²) in [5.74, 6) is 0.201. The van der Waals surface area contributed by atoms with E-state index in [1.54, 1.807) is 6.07 Å². The number of hydrogen-bond acceptors (Lipinski definition) is 2. The van der Waals surface area contributed by atoms with Crippen molar-refractivity contribution in [3.63, 3.8) is 0 Å². The smallest absolute Gasteiger partial charge is 0.361 e. The molecular formula is C7H6BrF3N2. The maximum Gasteiger partial charge on any atom is 0.405 e. The van der Waals surface area contributed by atoms with E-state index < -0.39 is 12.7 Å². The molecule has 0 saturated carbocycles. The highest BCUT2D eigenvalue weighted by atomic mass is 79.9. The number of halogens is 4. The minimum atomic E-state index is -4.22. The van der Waals surface area contributed by atoms with Gasteiger partial charge in [-0.05, 0) is 12.1 Å². The van der Waals surface area contributed by atoms with Crippen LogP contribution in [-0.2, 0) is 0 Å². The van der Waals surface area contributed by atoms with Crippen molar-refractivity contribution in [1.29, 1.82) is 0 Å². The van der Waals surface area contributed by atoms with E-state index in [0.717, 1.165) is 0 Å². The summed E-state index contributed by atoms with van der Waals surface area (Å²) in [5.41, 5.74) is 0. The summed E-state index contributed by atoms with van der Waals surface area (Å²) in [5, 5.41) is 2.16. The van der Waals surface area contributed by atoms with Gasteiger partial charge in [0.25, 0.3) is 0 Å². The zero-order chi connectivity index (χ0) is 9.90. The van der Waals surface area contributed by atoms with E-state index in [2.05, 4.69) is 26.2 Å². The maximum atomic E-state index is 11.7. The Balaban J connectivity index is 2.55. The Morgan fingerprint density at radius 3 is 2.69 bits per heavy atom. The van der Waals surface area contributed by atoms with Crippen LogP contribution in [0.25, 0.3) is 0 Å². The van der Waals surface area contributed by atoms with Gasteiger partial charge in [0, 0.05) is 10.7 Å². The van der Waals surface area contributed by atoms with Crippen molar-refractivity contribution < 1.29 is 13.2 Å². The van der Waals surface area contributed by atoms with Crippen LogP contribution in [-0.4, -0.2) is 17.7 Å². The van der Waals surface area contributed by atoms with Gasteiger partial charge in [-0.15, -0.1) is 0 Å². The molecule has 2 nitrogen and oxygen atoms in total. The van der Waals surface area contributed by atoms with Gasteiger partial charge in [-0.25, -0.2) is 4.98 Å². The molecule has 1 aromatic heterocycles. The standard InChI is InChI=1S/C7H6BrF3N2/c8-5-1-2-12-6(3-5)13-4-7(9,10)11/h1-3H,4H2,(H,12,13). The van der Waals surface area contributed by atoms with Gasteiger partial charge in [0.05, 0.1) is 0 Å². The molecule has 0 bridgehead atoms. The first-order valence-electron chi connectivity index (χ1n) is 3.39. The average Bonchev–Trinajstić information content (AvgIpc) is 2.00. The van der Waals surface area contributed by atoms with Crippen molar-refractivity contribution in [1.82, 2.24) is 4.98 Å². The summed E-state index contributed by atoms with van der Waals surface area (Å²) in [6.45, 7) is -1.07. The third kappa shape index (κ3) is 4.12. The molecule has 13 heavy (non-hydrogen) atoms. The van der Waals surface area contributed by atoms with Crippen molar-refractivity contribution in [2.45, 2.75) is 6.18 Å². The third-order valence-electron chi connectivity index (χ3n) is 1.19. The molecule has 0 saturated heterocycles. The Morgan fingerprint density at radius 1 is 1.46 bits per heavy atom. The molecule has 0 aliphatic heterocycles. The normalized spacial score (nSPS) is 11.4. The SMILES string of the molecule is FC(F)(F)CNc1cc(Br)ccn1. The summed E-state index contributed by atoms with van der Waals surface area (Å²) < 4.78 is 35.9. The lowest BCUT2D eigenvalue weighted by atomic mass is 10.4. The number of nitrogens with zero attached hydrogens (tertiary/aromatic N) is 1. The summed E-state index contributed by atoms with van der Waals surface area (Å²) >= 11 is 3.12. The lowest BCUT2D eigenvalue weighted by Gasteiger charge is -2.08. The van der Waals surface area contributed by atoms with E-state index in [-0.39, 0.29) is 5.82 Å². The summed E-state index contributed by atoms with van der Waals surface area (Å²) in [4.78, 5) is 3.70. The molecule has 0 aliphatic rings. The zero-order valence-electron chi connectivity index (χ0n) is 6.40. The molecule has 0 amide bonds. The van der Waals surface area contributed by atoms with Crippen LogP contribution in [0.5, 0.6) is 0 Å². The third-order valence-corrected chi connectivity index (χ3v) is 1.69. The number of nitrogens with one attached hydrogen (secondary N) is 1. The first-order valence-corrected chi connectivity index (χ1v) is 4.19. The van der Waals surface area contributed by atoms with E-state index in [4.69, 9.17) is 0 Å². The predicted molar refractivity (Wildman–Crippen MR) is 46.5 cm³/mol. The molecule has 1 rings (SSSR count). The summed E-state index contributed by atoms with van der Waals surface area (Å²) in [6.07, 6.45) is -2.80. The minimum Gasteiger partial charge on any atom is -0.361 e. The van der Waals surface area contributed by atoms with E-state index in [0.29, 0.717) is 4.47 Å². The van der Waals surface area contributed by atoms with E-state index >= 15 is 0 Å². The van der Waals surface area contributed by atoms with Gasteiger partial charge in [-0.3, -0.25) is 0 Å². The Bertz CT molecular complexity index is 287. The molecule has 0 fully saturated rings. The van der Waals surface area contributed by atoms with Crippen molar-refractivity contribution in [2.24, 2.45) is 0 Å². The monoisotopic (exact) mass is 254 g/mol. The molecule has 1 N–H and O–H groups in total. The number of aromatic nitrogens is 1. The van der Waals surface area contributed by atoms with Crippen LogP contribution in [0, 0.1) is 0 Å². The largest absolute Gasteiger partial charge is 0.405 e. The second kappa shape index (κ2) is 3.95. The second-order valence-electron chi connectivity index (χ2n) is 2.33. The first-order chi connectivity index (χ1) is 5.97. The molecule has 0 spiro atoms. The maximum absolute atomic E-state index is 11.7. The minimum absolute atomic E-state index is 0.201. The number of pyridine rings is 1. The van der Waals surface area contributed by atoms with Crippen LogP contribution in [0.2, 0.25) is 0 Å². The summed E-state index contributed by atoms with van der Waals surface area (Å²) in [7, 11) is 0. The van der Waals surface area contributed by atoms with Crippen molar-refractivity contribution in [3.8, 4) is 0 Å². The van der Waals surface area contributed by atoms with Crippen molar-refractivity contribution >= 4 is 21.7 Å². The van der Waals surface area contributed by atoms with Gasteiger partial charge in [-0.2, -0.15) is 13.2 Å². The molecule has 1 heterocycles. The number of alkyl halides is 3. The molecule has 72 valence electrons. The van der Waals surface area contributed by atoms with Gasteiger partial charge in [-0.1, -0.05) is 15.9 Å². The lowest BCUT2D eigenvalue weighted by molar-refractivity contribution is -0.115. The van der Waals surface area contributed by atoms with Crippen LogP contribution in [0.3, 0.4) is 0 Å². The average molecular weight is 255 g/mol. The van der Waals surface area contributed by atoms with Gasteiger partial charge in [0.15, 0.2) is 0 Å². The fourth-order valence-corrected chi connectivity index (χ4v) is 1.03. The predicted octanol–water partition coefficient (Wildman–Crippen LogP) is 2.82. The lowest BCUT2D eigenvalue weighted by Crippen LogP contribution is -2.21. The van der Waals surface area contributed by atoms with Crippen molar-refractivity contribution in [3.05, 3.63) is 22.8 Å². The van der Waals surface area contributed by atoms with Crippen LogP contribution in [0.4, 0.5) is 19.0 Å². The second-order valence-corrected chi connectivity index (χ2v) is 3.24. The van der Waals surface area contributed by atoms with E-state index in [9.17, 15) is 13.2 Å². The summed E-state index contributed by atoms with van der Waals surface area (Å²) in [6, 6.07) is 3.12. The van der Waals surface area contributed by atoms with Gasteiger partial charge in [0.1, 0.15) is 12.4 Å².